The van der Waals surface area contributed by atoms with Crippen LogP contribution in [0.3, 0.4) is 0 Å². The summed E-state index contributed by atoms with van der Waals surface area (Å²) in [5, 5.41) is 12.2. The number of benzene rings is 1. The second kappa shape index (κ2) is 8.39. The lowest BCUT2D eigenvalue weighted by atomic mass is 10.1. The van der Waals surface area contributed by atoms with E-state index in [0.29, 0.717) is 37.9 Å². The van der Waals surface area contributed by atoms with E-state index in [1.165, 1.54) is 29.2 Å². The minimum atomic E-state index is -4.36. The van der Waals surface area contributed by atoms with E-state index in [-0.39, 0.29) is 11.7 Å². The number of anilines is 2. The highest BCUT2D eigenvalue weighted by Crippen LogP contribution is 2.32. The van der Waals surface area contributed by atoms with Gasteiger partial charge < -0.3 is 15.1 Å². The zero-order chi connectivity index (χ0) is 20.4. The first-order valence-corrected chi connectivity index (χ1v) is 11.1. The first-order chi connectivity index (χ1) is 13.9. The van der Waals surface area contributed by atoms with Crippen molar-refractivity contribution in [1.82, 2.24) is 15.1 Å². The van der Waals surface area contributed by atoms with Crippen LogP contribution in [0.2, 0.25) is 0 Å². The molecule has 0 bridgehead atoms. The Morgan fingerprint density at radius 2 is 1.97 bits per heavy atom. The van der Waals surface area contributed by atoms with Gasteiger partial charge in [-0.15, -0.1) is 10.2 Å². The van der Waals surface area contributed by atoms with Crippen molar-refractivity contribution in [1.29, 1.82) is 0 Å². The molecule has 156 valence electrons. The van der Waals surface area contributed by atoms with Crippen molar-refractivity contribution in [2.45, 2.75) is 29.4 Å². The lowest BCUT2D eigenvalue weighted by molar-refractivity contribution is -0.137. The summed E-state index contributed by atoms with van der Waals surface area (Å²) in [7, 11) is 0. The van der Waals surface area contributed by atoms with Crippen LogP contribution in [0.25, 0.3) is 0 Å². The molecule has 2 aliphatic rings. The van der Waals surface area contributed by atoms with Gasteiger partial charge in [0, 0.05) is 37.9 Å². The van der Waals surface area contributed by atoms with Gasteiger partial charge in [-0.25, -0.2) is 0 Å². The Labute approximate surface area is 174 Å². The van der Waals surface area contributed by atoms with Crippen LogP contribution in [0.5, 0.6) is 0 Å². The maximum atomic E-state index is 12.9. The van der Waals surface area contributed by atoms with Crippen LogP contribution < -0.4 is 10.2 Å². The van der Waals surface area contributed by atoms with Crippen molar-refractivity contribution in [3.63, 3.8) is 0 Å². The molecule has 1 aromatic heterocycles. The molecule has 4 rings (SSSR count). The van der Waals surface area contributed by atoms with Gasteiger partial charge in [-0.2, -0.15) is 13.2 Å². The van der Waals surface area contributed by atoms with Gasteiger partial charge in [0.25, 0.3) is 0 Å². The first-order valence-electron chi connectivity index (χ1n) is 9.31. The van der Waals surface area contributed by atoms with Gasteiger partial charge in [-0.3, -0.25) is 4.79 Å². The van der Waals surface area contributed by atoms with Crippen LogP contribution in [-0.2, 0) is 11.0 Å². The molecule has 0 unspecified atom stereocenters. The molecule has 0 radical (unpaired) electrons. The second-order valence-electron chi connectivity index (χ2n) is 7.00. The topological polar surface area (TPSA) is 61.4 Å². The maximum Gasteiger partial charge on any atom is 0.416 e. The quantitative estimate of drug-likeness (QED) is 0.689. The molecule has 2 heterocycles. The molecule has 1 amide bonds. The summed E-state index contributed by atoms with van der Waals surface area (Å²) in [5.74, 6) is 0.285. The van der Waals surface area contributed by atoms with E-state index in [9.17, 15) is 18.0 Å². The highest BCUT2D eigenvalue weighted by Gasteiger charge is 2.31. The van der Waals surface area contributed by atoms with E-state index >= 15 is 0 Å². The predicted octanol–water partition coefficient (Wildman–Crippen LogP) is 3.57. The second-order valence-corrected chi connectivity index (χ2v) is 9.20. The minimum Gasteiger partial charge on any atom is -0.368 e. The number of carbonyl (C=O) groups excluding carboxylic acids is 1. The number of thioether (sulfide) groups is 1. The molecule has 0 spiro atoms. The number of hydrogen-bond acceptors (Lipinski definition) is 7. The number of piperazine rings is 1. The molecule has 29 heavy (non-hydrogen) atoms. The summed E-state index contributed by atoms with van der Waals surface area (Å²) in [6, 6.07) is 5.83. The molecular weight excluding hydrogens is 423 g/mol. The van der Waals surface area contributed by atoms with E-state index in [1.807, 2.05) is 4.90 Å². The molecule has 1 N–H and O–H groups in total. The van der Waals surface area contributed by atoms with Gasteiger partial charge in [0.2, 0.25) is 11.0 Å². The minimum absolute atomic E-state index is 0.00518. The van der Waals surface area contributed by atoms with Crippen molar-refractivity contribution < 1.29 is 18.0 Å². The molecule has 1 aliphatic carbocycles. The molecule has 1 aliphatic heterocycles. The zero-order valence-corrected chi connectivity index (χ0v) is 17.1. The Kier molecular flexibility index (Phi) is 5.86. The summed E-state index contributed by atoms with van der Waals surface area (Å²) >= 11 is 2.82. The number of aromatic nitrogens is 2. The largest absolute Gasteiger partial charge is 0.416 e. The molecule has 2 aromatic rings. The van der Waals surface area contributed by atoms with Crippen molar-refractivity contribution in [3.8, 4) is 0 Å². The average Bonchev–Trinajstić information content (AvgIpc) is 3.41. The number of nitrogens with zero attached hydrogens (tertiary/aromatic N) is 4. The Morgan fingerprint density at radius 1 is 1.21 bits per heavy atom. The molecule has 1 saturated heterocycles. The summed E-state index contributed by atoms with van der Waals surface area (Å²) in [5.41, 5.74) is -0.122. The Balaban J connectivity index is 1.25. The third-order valence-electron chi connectivity index (χ3n) is 4.80. The van der Waals surface area contributed by atoms with Crippen LogP contribution >= 0.6 is 23.1 Å². The number of halogens is 3. The third kappa shape index (κ3) is 5.33. The highest BCUT2D eigenvalue weighted by atomic mass is 32.2. The van der Waals surface area contributed by atoms with Gasteiger partial charge in [0.05, 0.1) is 11.3 Å². The number of rotatable bonds is 6. The van der Waals surface area contributed by atoms with Crippen LogP contribution in [-0.4, -0.2) is 59.0 Å². The van der Waals surface area contributed by atoms with E-state index in [0.717, 1.165) is 34.4 Å². The van der Waals surface area contributed by atoms with Crippen LogP contribution in [0.15, 0.2) is 28.6 Å². The molecule has 1 saturated carbocycles. The molecule has 1 aromatic carbocycles. The number of carbonyl (C=O) groups is 1. The molecule has 11 heteroatoms. The zero-order valence-electron chi connectivity index (χ0n) is 15.5. The summed E-state index contributed by atoms with van der Waals surface area (Å²) in [6.07, 6.45) is -2.04. The lowest BCUT2D eigenvalue weighted by Crippen LogP contribution is -2.49. The number of amides is 1. The molecule has 2 fully saturated rings. The summed E-state index contributed by atoms with van der Waals surface area (Å²) < 4.78 is 39.5. The fraction of sp³-hybridized carbons (Fsp3) is 0.500. The monoisotopic (exact) mass is 443 g/mol. The van der Waals surface area contributed by atoms with Crippen molar-refractivity contribution >= 4 is 39.8 Å². The summed E-state index contributed by atoms with van der Waals surface area (Å²) in [4.78, 5) is 16.1. The maximum absolute atomic E-state index is 12.9. The molecule has 0 atom stereocenters. The van der Waals surface area contributed by atoms with Crippen molar-refractivity contribution in [3.05, 3.63) is 29.8 Å². The van der Waals surface area contributed by atoms with E-state index in [4.69, 9.17) is 0 Å². The van der Waals surface area contributed by atoms with Gasteiger partial charge in [-0.05, 0) is 31.0 Å². The normalized spacial score (nSPS) is 17.5. The predicted molar refractivity (Wildman–Crippen MR) is 108 cm³/mol. The van der Waals surface area contributed by atoms with Gasteiger partial charge >= 0.3 is 6.18 Å². The van der Waals surface area contributed by atoms with E-state index in [1.54, 1.807) is 11.0 Å². The van der Waals surface area contributed by atoms with Crippen LogP contribution in [0.4, 0.5) is 24.0 Å². The Morgan fingerprint density at radius 3 is 2.66 bits per heavy atom. The van der Waals surface area contributed by atoms with Crippen molar-refractivity contribution in [2.24, 2.45) is 0 Å². The number of hydrogen-bond donors (Lipinski definition) is 1. The van der Waals surface area contributed by atoms with Crippen molar-refractivity contribution in [2.75, 3.05) is 42.1 Å². The third-order valence-corrected chi connectivity index (χ3v) is 6.77. The van der Waals surface area contributed by atoms with E-state index in [2.05, 4.69) is 15.5 Å². The fourth-order valence-electron chi connectivity index (χ4n) is 3.04. The average molecular weight is 444 g/mol. The van der Waals surface area contributed by atoms with Crippen LogP contribution in [0.1, 0.15) is 18.4 Å². The van der Waals surface area contributed by atoms with Crippen LogP contribution in [0, 0.1) is 0 Å². The van der Waals surface area contributed by atoms with Gasteiger partial charge in [0.1, 0.15) is 0 Å². The Hall–Kier alpha value is -2.01. The standard InChI is InChI=1S/C18H20F3N5OS2/c19-18(20,21)12-2-1-3-14(10-12)25-6-8-26(9-7-25)15(27)11-28-17-24-23-16(29-17)22-13-4-5-13/h1-3,10,13H,4-9,11H2,(H,22,23). The SMILES string of the molecule is O=C(CSc1nnc(NC2CC2)s1)N1CCN(c2cccc(C(F)(F)F)c2)CC1. The number of nitrogens with one attached hydrogen (secondary N) is 1. The molecule has 6 nitrogen and oxygen atoms in total. The highest BCUT2D eigenvalue weighted by molar-refractivity contribution is 8.01. The molecular formula is C18H20F3N5OS2. The lowest BCUT2D eigenvalue weighted by Gasteiger charge is -2.36. The smallest absolute Gasteiger partial charge is 0.368 e. The number of alkyl halides is 3. The van der Waals surface area contributed by atoms with Gasteiger partial charge in [0.15, 0.2) is 4.34 Å². The van der Waals surface area contributed by atoms with Gasteiger partial charge in [-0.1, -0.05) is 29.2 Å². The summed E-state index contributed by atoms with van der Waals surface area (Å²) in [6.45, 7) is 1.98. The van der Waals surface area contributed by atoms with E-state index < -0.39 is 11.7 Å². The first kappa shape index (κ1) is 20.3. The fourth-order valence-corrected chi connectivity index (χ4v) is 4.77. The Bertz CT molecular complexity index is 863.